The molecule has 2 aliphatic rings. The van der Waals surface area contributed by atoms with Gasteiger partial charge in [-0.1, -0.05) is 6.07 Å². The highest BCUT2D eigenvalue weighted by Gasteiger charge is 2.53. The Morgan fingerprint density at radius 1 is 1.03 bits per heavy atom. The molecule has 32 heavy (non-hydrogen) atoms. The molecular formula is C24H22N6O2. The maximum absolute atomic E-state index is 12.4. The van der Waals surface area contributed by atoms with Gasteiger partial charge in [-0.3, -0.25) is 14.9 Å². The zero-order valence-corrected chi connectivity index (χ0v) is 17.7. The van der Waals surface area contributed by atoms with Gasteiger partial charge in [-0.2, -0.15) is 5.10 Å². The van der Waals surface area contributed by atoms with Crippen LogP contribution in [0, 0.1) is 5.41 Å². The zero-order valence-electron chi connectivity index (χ0n) is 17.7. The number of nitrogens with zero attached hydrogens (tertiary/aromatic N) is 5. The maximum Gasteiger partial charge on any atom is 0.257 e. The number of rotatable bonds is 4. The highest BCUT2D eigenvalue weighted by Crippen LogP contribution is 2.42. The van der Waals surface area contributed by atoms with Gasteiger partial charge in [0.1, 0.15) is 0 Å². The SMILES string of the molecule is COc1ccc2cc(-c3cncc(N4CC5(CN(C(=O)c6cn[nH]c6)C5)C4)c3)ccc2n1. The van der Waals surface area contributed by atoms with Crippen molar-refractivity contribution in [3.63, 3.8) is 0 Å². The molecule has 0 saturated carbocycles. The molecule has 8 heteroatoms. The second-order valence-corrected chi connectivity index (χ2v) is 8.70. The third-order valence-electron chi connectivity index (χ3n) is 6.43. The fourth-order valence-corrected chi connectivity index (χ4v) is 4.76. The quantitative estimate of drug-likeness (QED) is 0.540. The molecule has 1 N–H and O–H groups in total. The molecule has 1 spiro atoms. The van der Waals surface area contributed by atoms with E-state index in [2.05, 4.69) is 43.3 Å². The Bertz CT molecular complexity index is 1310. The van der Waals surface area contributed by atoms with E-state index in [9.17, 15) is 4.79 Å². The largest absolute Gasteiger partial charge is 0.481 e. The molecule has 0 bridgehead atoms. The van der Waals surface area contributed by atoms with Crippen LogP contribution in [0.3, 0.4) is 0 Å². The molecule has 4 aromatic rings. The predicted molar refractivity (Wildman–Crippen MR) is 121 cm³/mol. The second-order valence-electron chi connectivity index (χ2n) is 8.70. The lowest BCUT2D eigenvalue weighted by atomic mass is 9.72. The monoisotopic (exact) mass is 426 g/mol. The summed E-state index contributed by atoms with van der Waals surface area (Å²) in [6.07, 6.45) is 7.04. The van der Waals surface area contributed by atoms with E-state index in [1.54, 1.807) is 19.5 Å². The Hall–Kier alpha value is -3.94. The van der Waals surface area contributed by atoms with E-state index in [1.807, 2.05) is 35.5 Å². The molecule has 0 unspecified atom stereocenters. The van der Waals surface area contributed by atoms with Crippen LogP contribution >= 0.6 is 0 Å². The Morgan fingerprint density at radius 3 is 2.69 bits per heavy atom. The van der Waals surface area contributed by atoms with Gasteiger partial charge in [0.05, 0.1) is 36.3 Å². The number of anilines is 1. The Labute approximate surface area is 184 Å². The number of hydrogen-bond acceptors (Lipinski definition) is 6. The van der Waals surface area contributed by atoms with E-state index in [-0.39, 0.29) is 11.3 Å². The predicted octanol–water partition coefficient (Wildman–Crippen LogP) is 2.99. The van der Waals surface area contributed by atoms with Crippen molar-refractivity contribution < 1.29 is 9.53 Å². The summed E-state index contributed by atoms with van der Waals surface area (Å²) in [7, 11) is 1.62. The summed E-state index contributed by atoms with van der Waals surface area (Å²) in [5.74, 6) is 0.663. The number of nitrogens with one attached hydrogen (secondary N) is 1. The Kier molecular flexibility index (Phi) is 4.14. The number of pyridine rings is 2. The third-order valence-corrected chi connectivity index (χ3v) is 6.43. The lowest BCUT2D eigenvalue weighted by Crippen LogP contribution is -2.73. The van der Waals surface area contributed by atoms with Gasteiger partial charge in [-0.25, -0.2) is 4.98 Å². The molecule has 0 radical (unpaired) electrons. The van der Waals surface area contributed by atoms with Gasteiger partial charge in [0.2, 0.25) is 5.88 Å². The number of carbonyl (C=O) groups is 1. The molecular weight excluding hydrogens is 404 g/mol. The summed E-state index contributed by atoms with van der Waals surface area (Å²) in [5, 5.41) is 7.63. The minimum absolute atomic E-state index is 0.0508. The summed E-state index contributed by atoms with van der Waals surface area (Å²) in [6.45, 7) is 3.47. The maximum atomic E-state index is 12.4. The summed E-state index contributed by atoms with van der Waals surface area (Å²) in [5.41, 5.74) is 5.02. The van der Waals surface area contributed by atoms with Gasteiger partial charge >= 0.3 is 0 Å². The topological polar surface area (TPSA) is 87.2 Å². The number of carbonyl (C=O) groups excluding carboxylic acids is 1. The third kappa shape index (κ3) is 3.07. The van der Waals surface area contributed by atoms with Gasteiger partial charge in [0, 0.05) is 61.0 Å². The van der Waals surface area contributed by atoms with E-state index >= 15 is 0 Å². The fourth-order valence-electron chi connectivity index (χ4n) is 4.76. The number of benzene rings is 1. The van der Waals surface area contributed by atoms with Crippen molar-refractivity contribution >= 4 is 22.5 Å². The summed E-state index contributed by atoms with van der Waals surface area (Å²) in [4.78, 5) is 25.6. The number of H-pyrrole nitrogens is 1. The number of likely N-dealkylation sites (tertiary alicyclic amines) is 1. The lowest BCUT2D eigenvalue weighted by molar-refractivity contribution is -0.0105. The van der Waals surface area contributed by atoms with Gasteiger partial charge in [0.15, 0.2) is 0 Å². The van der Waals surface area contributed by atoms with Gasteiger partial charge in [-0.05, 0) is 29.8 Å². The number of aromatic nitrogens is 4. The number of aromatic amines is 1. The van der Waals surface area contributed by atoms with Gasteiger partial charge in [-0.15, -0.1) is 0 Å². The summed E-state index contributed by atoms with van der Waals surface area (Å²) in [6, 6.07) is 12.3. The number of fused-ring (bicyclic) bond motifs is 1. The molecule has 160 valence electrons. The minimum atomic E-state index is 0.0508. The number of methoxy groups -OCH3 is 1. The molecule has 1 amide bonds. The molecule has 5 heterocycles. The van der Waals surface area contributed by atoms with Crippen LogP contribution in [0.4, 0.5) is 5.69 Å². The Balaban J connectivity index is 1.15. The average Bonchev–Trinajstić information content (AvgIpc) is 3.31. The molecule has 3 aromatic heterocycles. The van der Waals surface area contributed by atoms with E-state index in [1.165, 1.54) is 0 Å². The molecule has 2 fully saturated rings. The van der Waals surface area contributed by atoms with Crippen LogP contribution in [0.25, 0.3) is 22.0 Å². The molecule has 8 nitrogen and oxygen atoms in total. The van der Waals surface area contributed by atoms with Crippen molar-refractivity contribution in [3.05, 3.63) is 66.7 Å². The first-order valence-electron chi connectivity index (χ1n) is 10.6. The summed E-state index contributed by atoms with van der Waals surface area (Å²) >= 11 is 0. The molecule has 6 rings (SSSR count). The minimum Gasteiger partial charge on any atom is -0.481 e. The van der Waals surface area contributed by atoms with Crippen LogP contribution in [-0.4, -0.2) is 64.3 Å². The van der Waals surface area contributed by atoms with Crippen LogP contribution < -0.4 is 9.64 Å². The standard InChI is InChI=1S/C24H22N6O2/c1-32-22-5-3-17-6-16(2-4-21(17)28-22)18-7-20(11-25-8-18)29-12-24(13-29)14-30(15-24)23(31)19-9-26-27-10-19/h2-11H,12-15H2,1H3,(H,26,27). The van der Waals surface area contributed by atoms with Crippen LogP contribution in [-0.2, 0) is 0 Å². The molecule has 2 saturated heterocycles. The smallest absolute Gasteiger partial charge is 0.257 e. The van der Waals surface area contributed by atoms with Crippen molar-refractivity contribution in [1.82, 2.24) is 25.1 Å². The highest BCUT2D eigenvalue weighted by molar-refractivity contribution is 5.94. The van der Waals surface area contributed by atoms with Crippen molar-refractivity contribution in [2.24, 2.45) is 5.41 Å². The lowest BCUT2D eigenvalue weighted by Gasteiger charge is -2.60. The molecule has 0 atom stereocenters. The summed E-state index contributed by atoms with van der Waals surface area (Å²) < 4.78 is 5.21. The van der Waals surface area contributed by atoms with Crippen LogP contribution in [0.5, 0.6) is 5.88 Å². The van der Waals surface area contributed by atoms with Crippen molar-refractivity contribution in [3.8, 4) is 17.0 Å². The number of ether oxygens (including phenoxy) is 1. The molecule has 2 aliphatic heterocycles. The van der Waals surface area contributed by atoms with E-state index < -0.39 is 0 Å². The van der Waals surface area contributed by atoms with Crippen molar-refractivity contribution in [2.45, 2.75) is 0 Å². The molecule has 1 aromatic carbocycles. The van der Waals surface area contributed by atoms with Gasteiger partial charge in [0.25, 0.3) is 5.91 Å². The van der Waals surface area contributed by atoms with E-state index in [0.717, 1.165) is 53.9 Å². The highest BCUT2D eigenvalue weighted by atomic mass is 16.5. The van der Waals surface area contributed by atoms with Crippen LogP contribution in [0.15, 0.2) is 61.2 Å². The molecule has 0 aliphatic carbocycles. The number of hydrogen-bond donors (Lipinski definition) is 1. The normalized spacial score (nSPS) is 16.7. The first-order chi connectivity index (χ1) is 15.6. The fraction of sp³-hybridized carbons (Fsp3) is 0.250. The second kappa shape index (κ2) is 7.05. The average molecular weight is 426 g/mol. The van der Waals surface area contributed by atoms with Crippen LogP contribution in [0.2, 0.25) is 0 Å². The van der Waals surface area contributed by atoms with Crippen LogP contribution in [0.1, 0.15) is 10.4 Å². The van der Waals surface area contributed by atoms with E-state index in [4.69, 9.17) is 4.74 Å². The first kappa shape index (κ1) is 18.8. The zero-order chi connectivity index (χ0) is 21.7. The van der Waals surface area contributed by atoms with E-state index in [0.29, 0.717) is 11.4 Å². The van der Waals surface area contributed by atoms with Crippen molar-refractivity contribution in [2.75, 3.05) is 38.2 Å². The number of amides is 1. The first-order valence-corrected chi connectivity index (χ1v) is 10.6. The van der Waals surface area contributed by atoms with Gasteiger partial charge < -0.3 is 14.5 Å². The van der Waals surface area contributed by atoms with Crippen molar-refractivity contribution in [1.29, 1.82) is 0 Å². The Morgan fingerprint density at radius 2 is 1.91 bits per heavy atom.